The molecule has 3 atom stereocenters. The van der Waals surface area contributed by atoms with Gasteiger partial charge < -0.3 is 19.8 Å². The van der Waals surface area contributed by atoms with Crippen molar-refractivity contribution in [2.45, 2.75) is 39.0 Å². The highest BCUT2D eigenvalue weighted by Gasteiger charge is 2.30. The number of nitrogens with zero attached hydrogens (tertiary/aromatic N) is 1. The summed E-state index contributed by atoms with van der Waals surface area (Å²) in [5.74, 6) is -1.10. The van der Waals surface area contributed by atoms with Gasteiger partial charge in [-0.3, -0.25) is 9.59 Å². The lowest BCUT2D eigenvalue weighted by Crippen LogP contribution is -2.50. The van der Waals surface area contributed by atoms with Crippen LogP contribution in [0, 0.1) is 0 Å². The van der Waals surface area contributed by atoms with E-state index in [4.69, 9.17) is 9.15 Å². The van der Waals surface area contributed by atoms with Gasteiger partial charge in [0.15, 0.2) is 0 Å². The molecule has 146 valence electrons. The first-order valence-electron chi connectivity index (χ1n) is 8.43. The van der Waals surface area contributed by atoms with Crippen molar-refractivity contribution in [1.29, 1.82) is 0 Å². The van der Waals surface area contributed by atoms with Gasteiger partial charge in [0, 0.05) is 19.6 Å². The number of nitrogens with one attached hydrogen (secondary N) is 2. The van der Waals surface area contributed by atoms with Crippen molar-refractivity contribution in [3.05, 3.63) is 24.2 Å². The molecule has 1 fully saturated rings. The number of furan rings is 1. The molecule has 0 radical (unpaired) electrons. The summed E-state index contributed by atoms with van der Waals surface area (Å²) >= 11 is 0. The van der Waals surface area contributed by atoms with Crippen molar-refractivity contribution in [3.8, 4) is 0 Å². The number of sulfonamides is 1. The Kier molecular flexibility index (Phi) is 6.79. The van der Waals surface area contributed by atoms with Crippen molar-refractivity contribution in [1.82, 2.24) is 14.9 Å². The zero-order chi connectivity index (χ0) is 19.3. The van der Waals surface area contributed by atoms with Gasteiger partial charge >= 0.3 is 0 Å². The van der Waals surface area contributed by atoms with E-state index in [-0.39, 0.29) is 24.5 Å². The Morgan fingerprint density at radius 1 is 1.31 bits per heavy atom. The Balaban J connectivity index is 1.78. The molecule has 9 nitrogen and oxygen atoms in total. The molecular formula is C16H25N3O6S. The van der Waals surface area contributed by atoms with E-state index >= 15 is 0 Å². The van der Waals surface area contributed by atoms with Gasteiger partial charge in [0.2, 0.25) is 15.9 Å². The van der Waals surface area contributed by atoms with E-state index in [1.807, 2.05) is 13.8 Å². The van der Waals surface area contributed by atoms with Crippen LogP contribution in [0.5, 0.6) is 0 Å². The van der Waals surface area contributed by atoms with Crippen molar-refractivity contribution in [3.63, 3.8) is 0 Å². The third-order valence-electron chi connectivity index (χ3n) is 3.96. The predicted molar refractivity (Wildman–Crippen MR) is 94.0 cm³/mol. The van der Waals surface area contributed by atoms with Gasteiger partial charge in [0.25, 0.3) is 5.91 Å². The van der Waals surface area contributed by atoms with Crippen LogP contribution in [0.3, 0.4) is 0 Å². The molecule has 0 aromatic carbocycles. The average molecular weight is 387 g/mol. The second kappa shape index (κ2) is 8.65. The minimum Gasteiger partial charge on any atom is -0.472 e. The molecule has 26 heavy (non-hydrogen) atoms. The Morgan fingerprint density at radius 2 is 1.96 bits per heavy atom. The van der Waals surface area contributed by atoms with Crippen molar-refractivity contribution >= 4 is 21.8 Å². The second-order valence-corrected chi connectivity index (χ2v) is 8.48. The van der Waals surface area contributed by atoms with Crippen LogP contribution in [0.2, 0.25) is 0 Å². The maximum Gasteiger partial charge on any atom is 0.255 e. The van der Waals surface area contributed by atoms with Crippen LogP contribution in [-0.4, -0.2) is 68.2 Å². The third kappa shape index (κ3) is 5.55. The quantitative estimate of drug-likeness (QED) is 0.677. The van der Waals surface area contributed by atoms with E-state index < -0.39 is 27.9 Å². The highest BCUT2D eigenvalue weighted by atomic mass is 32.2. The summed E-state index contributed by atoms with van der Waals surface area (Å²) in [6, 6.07) is 0.681. The van der Waals surface area contributed by atoms with Crippen LogP contribution in [-0.2, 0) is 19.6 Å². The SMILES string of the molecule is C[C@@H]1CN(S(=O)(=O)CCNC(=O)[C@H](C)NC(=O)c2ccoc2)C[C@H](C)O1. The maximum absolute atomic E-state index is 12.4. The Hall–Kier alpha value is -1.91. The summed E-state index contributed by atoms with van der Waals surface area (Å²) in [6.45, 7) is 5.74. The molecular weight excluding hydrogens is 362 g/mol. The number of carbonyl (C=O) groups excluding carboxylic acids is 2. The Bertz CT molecular complexity index is 708. The highest BCUT2D eigenvalue weighted by molar-refractivity contribution is 7.89. The minimum atomic E-state index is -3.49. The van der Waals surface area contributed by atoms with Gasteiger partial charge in [0.1, 0.15) is 12.3 Å². The van der Waals surface area contributed by atoms with E-state index in [2.05, 4.69) is 10.6 Å². The zero-order valence-electron chi connectivity index (χ0n) is 15.1. The molecule has 0 aliphatic carbocycles. The Morgan fingerprint density at radius 3 is 2.54 bits per heavy atom. The molecule has 2 heterocycles. The normalized spacial score (nSPS) is 22.6. The lowest BCUT2D eigenvalue weighted by molar-refractivity contribution is -0.122. The number of morpholine rings is 1. The van der Waals surface area contributed by atoms with Crippen LogP contribution >= 0.6 is 0 Å². The van der Waals surface area contributed by atoms with E-state index in [0.29, 0.717) is 18.7 Å². The van der Waals surface area contributed by atoms with E-state index in [0.717, 1.165) is 0 Å². The van der Waals surface area contributed by atoms with Crippen molar-refractivity contribution in [2.24, 2.45) is 0 Å². The fourth-order valence-corrected chi connectivity index (χ4v) is 4.17. The van der Waals surface area contributed by atoms with Gasteiger partial charge in [-0.05, 0) is 26.8 Å². The summed E-state index contributed by atoms with van der Waals surface area (Å²) in [4.78, 5) is 23.9. The Labute approximate surface area is 153 Å². The van der Waals surface area contributed by atoms with Crippen LogP contribution in [0.4, 0.5) is 0 Å². The molecule has 1 saturated heterocycles. The van der Waals surface area contributed by atoms with E-state index in [1.54, 1.807) is 0 Å². The number of hydrogen-bond acceptors (Lipinski definition) is 6. The lowest BCUT2D eigenvalue weighted by atomic mass is 10.2. The molecule has 2 N–H and O–H groups in total. The van der Waals surface area contributed by atoms with Gasteiger partial charge in [-0.1, -0.05) is 0 Å². The highest BCUT2D eigenvalue weighted by Crippen LogP contribution is 2.14. The van der Waals surface area contributed by atoms with Crippen LogP contribution in [0.1, 0.15) is 31.1 Å². The van der Waals surface area contributed by atoms with E-state index in [1.165, 1.54) is 29.8 Å². The van der Waals surface area contributed by atoms with Crippen LogP contribution in [0.15, 0.2) is 23.0 Å². The number of rotatable bonds is 7. The smallest absolute Gasteiger partial charge is 0.255 e. The van der Waals surface area contributed by atoms with Gasteiger partial charge in [-0.2, -0.15) is 4.31 Å². The largest absolute Gasteiger partial charge is 0.472 e. The number of hydrogen-bond donors (Lipinski definition) is 2. The lowest BCUT2D eigenvalue weighted by Gasteiger charge is -2.34. The fourth-order valence-electron chi connectivity index (χ4n) is 2.68. The number of amides is 2. The maximum atomic E-state index is 12.4. The average Bonchev–Trinajstić information content (AvgIpc) is 3.08. The van der Waals surface area contributed by atoms with Crippen molar-refractivity contribution in [2.75, 3.05) is 25.4 Å². The van der Waals surface area contributed by atoms with Crippen molar-refractivity contribution < 1.29 is 27.2 Å². The molecule has 2 rings (SSSR count). The molecule has 0 spiro atoms. The molecule has 10 heteroatoms. The molecule has 0 bridgehead atoms. The number of carbonyl (C=O) groups is 2. The first-order valence-corrected chi connectivity index (χ1v) is 10.0. The molecule has 1 aromatic heterocycles. The summed E-state index contributed by atoms with van der Waals surface area (Å²) in [7, 11) is -3.49. The molecule has 0 unspecified atom stereocenters. The minimum absolute atomic E-state index is 0.0345. The summed E-state index contributed by atoms with van der Waals surface area (Å²) in [5, 5.41) is 5.05. The third-order valence-corrected chi connectivity index (χ3v) is 5.77. The summed E-state index contributed by atoms with van der Waals surface area (Å²) < 4.78 is 36.5. The fraction of sp³-hybridized carbons (Fsp3) is 0.625. The first-order chi connectivity index (χ1) is 12.2. The van der Waals surface area contributed by atoms with Gasteiger partial charge in [0.05, 0.1) is 29.8 Å². The van der Waals surface area contributed by atoms with Gasteiger partial charge in [-0.25, -0.2) is 8.42 Å². The molecule has 2 amide bonds. The predicted octanol–water partition coefficient (Wildman–Crippen LogP) is -0.0469. The topological polar surface area (TPSA) is 118 Å². The molecule has 1 aliphatic rings. The first kappa shape index (κ1) is 20.4. The standard InChI is InChI=1S/C16H25N3O6S/c1-11-8-19(9-12(2)25-11)26(22,23)7-5-17-15(20)13(3)18-16(21)14-4-6-24-10-14/h4,6,10-13H,5,7-9H2,1-3H3,(H,17,20)(H,18,21)/t11-,12+,13-/m0/s1. The molecule has 1 aliphatic heterocycles. The monoisotopic (exact) mass is 387 g/mol. The van der Waals surface area contributed by atoms with Crippen LogP contribution in [0.25, 0.3) is 0 Å². The van der Waals surface area contributed by atoms with Gasteiger partial charge in [-0.15, -0.1) is 0 Å². The second-order valence-electron chi connectivity index (χ2n) is 6.39. The molecule has 1 aromatic rings. The summed E-state index contributed by atoms with van der Waals surface area (Å²) in [5.41, 5.74) is 0.308. The number of ether oxygens (including phenoxy) is 1. The molecule has 0 saturated carbocycles. The summed E-state index contributed by atoms with van der Waals surface area (Å²) in [6.07, 6.45) is 2.30. The van der Waals surface area contributed by atoms with E-state index in [9.17, 15) is 18.0 Å². The van der Waals surface area contributed by atoms with Crippen LogP contribution < -0.4 is 10.6 Å². The zero-order valence-corrected chi connectivity index (χ0v) is 15.9.